The molecule has 5 heteroatoms. The van der Waals surface area contributed by atoms with Crippen LogP contribution in [-0.2, 0) is 6.42 Å². The molecule has 1 atom stereocenters. The van der Waals surface area contributed by atoms with Crippen molar-refractivity contribution in [2.45, 2.75) is 19.4 Å². The number of carbonyl (C=O) groups is 1. The lowest BCUT2D eigenvalue weighted by Gasteiger charge is -2.24. The molecule has 0 aliphatic rings. The maximum atomic E-state index is 12.3. The van der Waals surface area contributed by atoms with Gasteiger partial charge in [0.2, 0.25) is 0 Å². The number of phenols is 1. The van der Waals surface area contributed by atoms with Gasteiger partial charge in [-0.1, -0.05) is 12.1 Å². The number of rotatable bonds is 4. The fourth-order valence-corrected chi connectivity index (χ4v) is 2.23. The number of halogens is 1. The third-order valence-corrected chi connectivity index (χ3v) is 3.86. The predicted octanol–water partition coefficient (Wildman–Crippen LogP) is 3.25. The lowest BCUT2D eigenvalue weighted by molar-refractivity contribution is 0.0737. The fourth-order valence-electron chi connectivity index (χ4n) is 1.99. The first-order valence-corrected chi connectivity index (χ1v) is 7.43. The summed E-state index contributed by atoms with van der Waals surface area (Å²) in [6, 6.07) is 10.6. The summed E-state index contributed by atoms with van der Waals surface area (Å²) in [6.07, 6.45) is 2.34. The van der Waals surface area contributed by atoms with Gasteiger partial charge < -0.3 is 10.0 Å². The first-order chi connectivity index (χ1) is 9.97. The Morgan fingerprint density at radius 2 is 1.95 bits per heavy atom. The van der Waals surface area contributed by atoms with Crippen molar-refractivity contribution in [3.8, 4) is 5.75 Å². The number of pyridine rings is 1. The molecule has 21 heavy (non-hydrogen) atoms. The van der Waals surface area contributed by atoms with E-state index in [1.165, 1.54) is 0 Å². The molecule has 4 nitrogen and oxygen atoms in total. The molecular weight excluding hydrogens is 332 g/mol. The molecule has 0 spiro atoms. The topological polar surface area (TPSA) is 53.4 Å². The van der Waals surface area contributed by atoms with Crippen LogP contribution in [0, 0.1) is 0 Å². The van der Waals surface area contributed by atoms with Crippen molar-refractivity contribution in [2.75, 3.05) is 7.05 Å². The van der Waals surface area contributed by atoms with Gasteiger partial charge in [0.15, 0.2) is 0 Å². The molecule has 1 aromatic heterocycles. The Morgan fingerprint density at radius 3 is 2.52 bits per heavy atom. The van der Waals surface area contributed by atoms with E-state index in [1.807, 2.05) is 19.1 Å². The van der Waals surface area contributed by atoms with Gasteiger partial charge in [0.05, 0.1) is 0 Å². The Labute approximate surface area is 132 Å². The largest absolute Gasteiger partial charge is 0.508 e. The van der Waals surface area contributed by atoms with Gasteiger partial charge in [0, 0.05) is 23.8 Å². The molecule has 1 aromatic carbocycles. The van der Waals surface area contributed by atoms with E-state index >= 15 is 0 Å². The predicted molar refractivity (Wildman–Crippen MR) is 85.3 cm³/mol. The zero-order valence-electron chi connectivity index (χ0n) is 12.0. The quantitative estimate of drug-likeness (QED) is 0.922. The van der Waals surface area contributed by atoms with Crippen LogP contribution in [0.2, 0.25) is 0 Å². The summed E-state index contributed by atoms with van der Waals surface area (Å²) >= 11 is 3.30. The molecule has 0 fully saturated rings. The van der Waals surface area contributed by atoms with E-state index in [0.29, 0.717) is 5.69 Å². The van der Waals surface area contributed by atoms with Crippen molar-refractivity contribution in [3.05, 3.63) is 58.3 Å². The van der Waals surface area contributed by atoms with Crippen LogP contribution >= 0.6 is 15.9 Å². The van der Waals surface area contributed by atoms with Crippen LogP contribution in [-0.4, -0.2) is 34.0 Å². The van der Waals surface area contributed by atoms with E-state index in [0.717, 1.165) is 16.5 Å². The average Bonchev–Trinajstić information content (AvgIpc) is 2.49. The van der Waals surface area contributed by atoms with E-state index in [4.69, 9.17) is 0 Å². The normalized spacial score (nSPS) is 12.0. The molecule has 2 rings (SSSR count). The number of hydrogen-bond donors (Lipinski definition) is 1. The fraction of sp³-hybridized carbons (Fsp3) is 0.250. The van der Waals surface area contributed by atoms with Crippen LogP contribution in [0.3, 0.4) is 0 Å². The Kier molecular flexibility index (Phi) is 4.96. The first kappa shape index (κ1) is 15.5. The second-order valence-corrected chi connectivity index (χ2v) is 5.91. The number of aromatic nitrogens is 1. The van der Waals surface area contributed by atoms with Crippen LogP contribution in [0.15, 0.2) is 47.1 Å². The zero-order chi connectivity index (χ0) is 15.4. The number of carbonyl (C=O) groups excluding carboxylic acids is 1. The number of benzene rings is 1. The highest BCUT2D eigenvalue weighted by atomic mass is 79.9. The molecule has 0 bridgehead atoms. The number of hydrogen-bond acceptors (Lipinski definition) is 3. The Balaban J connectivity index is 2.04. The van der Waals surface area contributed by atoms with Crippen molar-refractivity contribution in [2.24, 2.45) is 0 Å². The Morgan fingerprint density at radius 1 is 1.29 bits per heavy atom. The van der Waals surface area contributed by atoms with Crippen molar-refractivity contribution in [3.63, 3.8) is 0 Å². The molecule has 0 unspecified atom stereocenters. The van der Waals surface area contributed by atoms with Gasteiger partial charge in [-0.3, -0.25) is 4.79 Å². The maximum Gasteiger partial charge on any atom is 0.272 e. The minimum Gasteiger partial charge on any atom is -0.508 e. The summed E-state index contributed by atoms with van der Waals surface area (Å²) in [4.78, 5) is 18.2. The maximum absolute atomic E-state index is 12.3. The summed E-state index contributed by atoms with van der Waals surface area (Å²) in [5.41, 5.74) is 1.50. The minimum atomic E-state index is -0.103. The SMILES string of the molecule is C[C@@H](Cc1ccc(O)cc1)N(C)C(=O)c1ccc(Br)cn1. The summed E-state index contributed by atoms with van der Waals surface area (Å²) in [7, 11) is 1.77. The van der Waals surface area contributed by atoms with Gasteiger partial charge in [0.25, 0.3) is 5.91 Å². The minimum absolute atomic E-state index is 0.0347. The Hall–Kier alpha value is -1.88. The Bertz CT molecular complexity index is 611. The standard InChI is InChI=1S/C16H17BrN2O2/c1-11(9-12-3-6-14(20)7-4-12)19(2)16(21)15-8-5-13(17)10-18-15/h3-8,10-11,20H,9H2,1-2H3/t11-/m0/s1. The summed E-state index contributed by atoms with van der Waals surface area (Å²) in [5.74, 6) is 0.142. The average molecular weight is 349 g/mol. The summed E-state index contributed by atoms with van der Waals surface area (Å²) < 4.78 is 0.846. The molecule has 2 aromatic rings. The van der Waals surface area contributed by atoms with Gasteiger partial charge in [0.1, 0.15) is 11.4 Å². The molecule has 1 amide bonds. The lowest BCUT2D eigenvalue weighted by atomic mass is 10.1. The van der Waals surface area contributed by atoms with E-state index < -0.39 is 0 Å². The highest BCUT2D eigenvalue weighted by molar-refractivity contribution is 9.10. The molecular formula is C16H17BrN2O2. The number of amides is 1. The van der Waals surface area contributed by atoms with Crippen LogP contribution in [0.5, 0.6) is 5.75 Å². The highest BCUT2D eigenvalue weighted by Gasteiger charge is 2.18. The van der Waals surface area contributed by atoms with E-state index in [2.05, 4.69) is 20.9 Å². The molecule has 1 N–H and O–H groups in total. The number of likely N-dealkylation sites (N-methyl/N-ethyl adjacent to an activating group) is 1. The van der Waals surface area contributed by atoms with Crippen molar-refractivity contribution in [1.29, 1.82) is 0 Å². The van der Waals surface area contributed by atoms with E-state index in [1.54, 1.807) is 42.4 Å². The third kappa shape index (κ3) is 4.04. The van der Waals surface area contributed by atoms with Crippen molar-refractivity contribution < 1.29 is 9.90 Å². The molecule has 0 aliphatic heterocycles. The zero-order valence-corrected chi connectivity index (χ0v) is 13.5. The number of aromatic hydroxyl groups is 1. The number of phenolic OH excluding ortho intramolecular Hbond substituents is 1. The highest BCUT2D eigenvalue weighted by Crippen LogP contribution is 2.15. The van der Waals surface area contributed by atoms with Crippen molar-refractivity contribution in [1.82, 2.24) is 9.88 Å². The van der Waals surface area contributed by atoms with Crippen LogP contribution in [0.1, 0.15) is 23.0 Å². The van der Waals surface area contributed by atoms with E-state index in [9.17, 15) is 9.90 Å². The molecule has 0 saturated heterocycles. The van der Waals surface area contributed by atoms with Gasteiger partial charge >= 0.3 is 0 Å². The third-order valence-electron chi connectivity index (χ3n) is 3.40. The first-order valence-electron chi connectivity index (χ1n) is 6.64. The lowest BCUT2D eigenvalue weighted by Crippen LogP contribution is -2.36. The molecule has 0 radical (unpaired) electrons. The summed E-state index contributed by atoms with van der Waals surface area (Å²) in [5, 5.41) is 9.28. The van der Waals surface area contributed by atoms with Gasteiger partial charge in [-0.25, -0.2) is 4.98 Å². The summed E-state index contributed by atoms with van der Waals surface area (Å²) in [6.45, 7) is 1.99. The second kappa shape index (κ2) is 6.72. The smallest absolute Gasteiger partial charge is 0.272 e. The molecule has 0 aliphatic carbocycles. The van der Waals surface area contributed by atoms with Gasteiger partial charge in [-0.05, 0) is 59.1 Å². The monoisotopic (exact) mass is 348 g/mol. The van der Waals surface area contributed by atoms with E-state index in [-0.39, 0.29) is 17.7 Å². The molecule has 0 saturated carbocycles. The van der Waals surface area contributed by atoms with Crippen LogP contribution < -0.4 is 0 Å². The molecule has 1 heterocycles. The van der Waals surface area contributed by atoms with Gasteiger partial charge in [-0.15, -0.1) is 0 Å². The van der Waals surface area contributed by atoms with Gasteiger partial charge in [-0.2, -0.15) is 0 Å². The van der Waals surface area contributed by atoms with Crippen LogP contribution in [0.25, 0.3) is 0 Å². The molecule has 110 valence electrons. The van der Waals surface area contributed by atoms with Crippen LogP contribution in [0.4, 0.5) is 0 Å². The number of nitrogens with zero attached hydrogens (tertiary/aromatic N) is 2. The second-order valence-electron chi connectivity index (χ2n) is 5.00. The van der Waals surface area contributed by atoms with Crippen molar-refractivity contribution >= 4 is 21.8 Å².